The van der Waals surface area contributed by atoms with Gasteiger partial charge in [0.1, 0.15) is 0 Å². The predicted molar refractivity (Wildman–Crippen MR) is 43.2 cm³/mol. The lowest BCUT2D eigenvalue weighted by Crippen LogP contribution is -2.11. The van der Waals surface area contributed by atoms with Gasteiger partial charge in [0.2, 0.25) is 0 Å². The Balaban J connectivity index is 2.37. The molecule has 1 heterocycles. The van der Waals surface area contributed by atoms with Gasteiger partial charge in [-0.1, -0.05) is 18.2 Å². The van der Waals surface area contributed by atoms with Crippen molar-refractivity contribution in [3.63, 3.8) is 0 Å². The van der Waals surface area contributed by atoms with Crippen molar-refractivity contribution in [3.05, 3.63) is 0 Å². The monoisotopic (exact) mass is 206 g/mol. The summed E-state index contributed by atoms with van der Waals surface area (Å²) < 4.78 is 22.5. The van der Waals surface area contributed by atoms with Crippen molar-refractivity contribution in [2.75, 3.05) is 6.54 Å². The molecule has 0 bridgehead atoms. The minimum Gasteiger partial charge on any atom is -0.348 e. The molecular formula is C6H10N2O4S. The van der Waals surface area contributed by atoms with Gasteiger partial charge in [0.15, 0.2) is 0 Å². The summed E-state index contributed by atoms with van der Waals surface area (Å²) in [5.74, 6) is 0.380. The quantitative estimate of drug-likeness (QED) is 0.613. The molecule has 0 N–H and O–H groups in total. The summed E-state index contributed by atoms with van der Waals surface area (Å²) in [6, 6.07) is 0.194. The fourth-order valence-corrected chi connectivity index (χ4v) is 1.12. The largest absolute Gasteiger partial charge is 0.467 e. The lowest BCUT2D eigenvalue weighted by Gasteiger charge is -2.02. The highest BCUT2D eigenvalue weighted by molar-refractivity contribution is 7.62. The van der Waals surface area contributed by atoms with Gasteiger partial charge in [-0.3, -0.25) is 0 Å². The van der Waals surface area contributed by atoms with Crippen LogP contribution in [-0.2, 0) is 15.3 Å². The fourth-order valence-electron chi connectivity index (χ4n) is 0.963. The van der Waals surface area contributed by atoms with E-state index in [1.807, 2.05) is 13.8 Å². The van der Waals surface area contributed by atoms with Gasteiger partial charge in [-0.15, -0.1) is 5.06 Å². The molecule has 0 aromatic carbocycles. The molecule has 7 heteroatoms. The Morgan fingerprint density at radius 1 is 1.62 bits per heavy atom. The number of hydrogen-bond acceptors (Lipinski definition) is 5. The Morgan fingerprint density at radius 2 is 2.23 bits per heavy atom. The summed E-state index contributed by atoms with van der Waals surface area (Å²) >= 11 is 0. The molecule has 1 amide bonds. The summed E-state index contributed by atoms with van der Waals surface area (Å²) in [6.45, 7) is 4.62. The van der Waals surface area contributed by atoms with Crippen LogP contribution in [0.15, 0.2) is 4.36 Å². The van der Waals surface area contributed by atoms with Crippen molar-refractivity contribution in [2.24, 2.45) is 10.3 Å². The third kappa shape index (κ3) is 3.11. The van der Waals surface area contributed by atoms with Crippen molar-refractivity contribution in [2.45, 2.75) is 19.9 Å². The van der Waals surface area contributed by atoms with E-state index in [4.69, 9.17) is 0 Å². The second-order valence-corrected chi connectivity index (χ2v) is 3.69. The van der Waals surface area contributed by atoms with Crippen molar-refractivity contribution in [1.29, 1.82) is 0 Å². The highest BCUT2D eigenvalue weighted by Gasteiger charge is 2.40. The summed E-state index contributed by atoms with van der Waals surface area (Å²) in [5.41, 5.74) is 0. The van der Waals surface area contributed by atoms with Crippen molar-refractivity contribution in [3.8, 4) is 0 Å². The molecule has 13 heavy (non-hydrogen) atoms. The lowest BCUT2D eigenvalue weighted by molar-refractivity contribution is -0.00889. The molecule has 1 unspecified atom stereocenters. The van der Waals surface area contributed by atoms with Gasteiger partial charge >= 0.3 is 16.6 Å². The van der Waals surface area contributed by atoms with E-state index in [9.17, 15) is 13.2 Å². The maximum absolute atomic E-state index is 10.6. The smallest absolute Gasteiger partial charge is 0.348 e. The minimum absolute atomic E-state index is 0.194. The van der Waals surface area contributed by atoms with Crippen LogP contribution in [0.25, 0.3) is 0 Å². The Labute approximate surface area is 77.1 Å². The van der Waals surface area contributed by atoms with Crippen LogP contribution in [0, 0.1) is 5.92 Å². The van der Waals surface area contributed by atoms with E-state index in [-0.39, 0.29) is 6.04 Å². The van der Waals surface area contributed by atoms with E-state index < -0.39 is 16.6 Å². The number of hydrogen-bond donors (Lipinski definition) is 0. The number of nitrogens with zero attached hydrogens (tertiary/aromatic N) is 2. The van der Waals surface area contributed by atoms with E-state index in [1.165, 1.54) is 5.06 Å². The Morgan fingerprint density at radius 3 is 2.62 bits per heavy atom. The molecule has 74 valence electrons. The van der Waals surface area contributed by atoms with Gasteiger partial charge in [-0.25, -0.2) is 4.79 Å². The van der Waals surface area contributed by atoms with Crippen LogP contribution < -0.4 is 0 Å². The molecule has 6 nitrogen and oxygen atoms in total. The predicted octanol–water partition coefficient (Wildman–Crippen LogP) is 0.441. The molecule has 1 fully saturated rings. The van der Waals surface area contributed by atoms with E-state index in [1.54, 1.807) is 0 Å². The molecule has 1 rings (SSSR count). The second kappa shape index (κ2) is 3.84. The van der Waals surface area contributed by atoms with E-state index >= 15 is 0 Å². The highest BCUT2D eigenvalue weighted by Crippen LogP contribution is 2.25. The first-order valence-electron chi connectivity index (χ1n) is 3.80. The van der Waals surface area contributed by atoms with E-state index in [0.29, 0.717) is 12.5 Å². The zero-order valence-electron chi connectivity index (χ0n) is 7.30. The SMILES string of the molecule is CC(C)C1C[N@@]1OC(=O)N=S(=O)=O. The van der Waals surface area contributed by atoms with Gasteiger partial charge in [0.05, 0.1) is 12.6 Å². The lowest BCUT2D eigenvalue weighted by atomic mass is 10.1. The van der Waals surface area contributed by atoms with Gasteiger partial charge in [0, 0.05) is 0 Å². The number of carbonyl (C=O) groups excluding carboxylic acids is 1. The summed E-state index contributed by atoms with van der Waals surface area (Å²) in [7, 11) is -2.73. The second-order valence-electron chi connectivity index (χ2n) is 3.08. The first kappa shape index (κ1) is 10.1. The first-order valence-corrected chi connectivity index (χ1v) is 4.83. The van der Waals surface area contributed by atoms with Gasteiger partial charge in [0.25, 0.3) is 0 Å². The maximum atomic E-state index is 10.6. The average Bonchev–Trinajstić information content (AvgIpc) is 2.64. The molecule has 1 aliphatic heterocycles. The summed E-state index contributed by atoms with van der Waals surface area (Å²) in [5, 5.41) is 1.41. The normalized spacial score (nSPS) is 25.5. The molecule has 0 aliphatic carbocycles. The molecule has 0 aromatic rings. The first-order chi connectivity index (χ1) is 6.00. The molecule has 0 aromatic heterocycles. The zero-order chi connectivity index (χ0) is 10.0. The molecule has 0 radical (unpaired) electrons. The Bertz CT molecular complexity index is 327. The highest BCUT2D eigenvalue weighted by atomic mass is 32.2. The Hall–Kier alpha value is -0.950. The van der Waals surface area contributed by atoms with Crippen LogP contribution in [0.2, 0.25) is 0 Å². The van der Waals surface area contributed by atoms with E-state index in [2.05, 4.69) is 9.20 Å². The maximum Gasteiger partial charge on any atom is 0.467 e. The van der Waals surface area contributed by atoms with Crippen LogP contribution >= 0.6 is 0 Å². The number of amides is 1. The van der Waals surface area contributed by atoms with Crippen LogP contribution in [0.5, 0.6) is 0 Å². The van der Waals surface area contributed by atoms with Crippen LogP contribution in [-0.4, -0.2) is 32.2 Å². The molecule has 0 saturated carbocycles. The van der Waals surface area contributed by atoms with Crippen LogP contribution in [0.3, 0.4) is 0 Å². The average molecular weight is 206 g/mol. The van der Waals surface area contributed by atoms with Crippen molar-refractivity contribution in [1.82, 2.24) is 5.06 Å². The third-order valence-electron chi connectivity index (χ3n) is 1.72. The third-order valence-corrected chi connectivity index (χ3v) is 2.02. The summed E-state index contributed by atoms with van der Waals surface area (Å²) in [4.78, 5) is 15.2. The fraction of sp³-hybridized carbons (Fsp3) is 0.833. The zero-order valence-corrected chi connectivity index (χ0v) is 8.11. The van der Waals surface area contributed by atoms with Gasteiger partial charge < -0.3 is 4.84 Å². The van der Waals surface area contributed by atoms with Gasteiger partial charge in [-0.2, -0.15) is 8.42 Å². The molecular weight excluding hydrogens is 196 g/mol. The number of rotatable bonds is 2. The van der Waals surface area contributed by atoms with Crippen LogP contribution in [0.4, 0.5) is 4.79 Å². The molecule has 1 aliphatic rings. The topological polar surface area (TPSA) is 75.8 Å². The number of carbonyl (C=O) groups is 1. The molecule has 2 atom stereocenters. The molecule has 1 saturated heterocycles. The number of hydroxylamine groups is 2. The Kier molecular flexibility index (Phi) is 2.99. The van der Waals surface area contributed by atoms with Gasteiger partial charge in [-0.05, 0) is 5.92 Å². The molecule has 0 spiro atoms. The van der Waals surface area contributed by atoms with Crippen LogP contribution in [0.1, 0.15) is 13.8 Å². The van der Waals surface area contributed by atoms with E-state index in [0.717, 1.165) is 0 Å². The summed E-state index contributed by atoms with van der Waals surface area (Å²) in [6.07, 6.45) is -1.09. The van der Waals surface area contributed by atoms with Crippen molar-refractivity contribution < 1.29 is 18.0 Å². The van der Waals surface area contributed by atoms with Crippen molar-refractivity contribution >= 4 is 16.6 Å². The minimum atomic E-state index is -2.73. The standard InChI is InChI=1S/C6H10N2O4S/c1-4(2)5-3-8(5)12-6(9)7-13(10)11/h4-5H,3H2,1-2H3/t5?,8-/m1/s1.